The van der Waals surface area contributed by atoms with E-state index in [9.17, 15) is 4.39 Å². The number of halogens is 4. The van der Waals surface area contributed by atoms with Crippen LogP contribution in [0.4, 0.5) is 4.39 Å². The van der Waals surface area contributed by atoms with Gasteiger partial charge in [0.05, 0.1) is 22.1 Å². The van der Waals surface area contributed by atoms with Crippen LogP contribution in [0, 0.1) is 5.82 Å². The van der Waals surface area contributed by atoms with Gasteiger partial charge in [-0.2, -0.15) is 0 Å². The molecule has 21 heavy (non-hydrogen) atoms. The lowest BCUT2D eigenvalue weighted by Gasteiger charge is -2.14. The van der Waals surface area contributed by atoms with Gasteiger partial charge < -0.3 is 0 Å². The Morgan fingerprint density at radius 2 is 1.86 bits per heavy atom. The summed E-state index contributed by atoms with van der Waals surface area (Å²) in [4.78, 5) is 4.48. The lowest BCUT2D eigenvalue weighted by Crippen LogP contribution is -2.03. The number of benzene rings is 2. The van der Waals surface area contributed by atoms with Gasteiger partial charge in [-0.1, -0.05) is 6.07 Å². The zero-order valence-electron chi connectivity index (χ0n) is 10.9. The molecule has 1 heterocycles. The summed E-state index contributed by atoms with van der Waals surface area (Å²) in [6.07, 6.45) is 0. The van der Waals surface area contributed by atoms with E-state index in [1.165, 1.54) is 12.1 Å². The van der Waals surface area contributed by atoms with Crippen LogP contribution in [0.5, 0.6) is 0 Å². The van der Waals surface area contributed by atoms with Crippen molar-refractivity contribution < 1.29 is 4.39 Å². The van der Waals surface area contributed by atoms with Crippen molar-refractivity contribution in [2.75, 3.05) is 0 Å². The molecule has 1 unspecified atom stereocenters. The first-order valence-electron chi connectivity index (χ1n) is 6.25. The van der Waals surface area contributed by atoms with Gasteiger partial charge in [0.25, 0.3) is 0 Å². The number of alkyl halides is 1. The molecule has 0 bridgehead atoms. The molecule has 0 fully saturated rings. The molecule has 0 saturated carbocycles. The van der Waals surface area contributed by atoms with E-state index >= 15 is 0 Å². The Balaban J connectivity index is 2.42. The van der Waals surface area contributed by atoms with Gasteiger partial charge in [-0.15, -0.1) is 11.6 Å². The molecule has 0 aliphatic rings. The average molecular weight is 433 g/mol. The summed E-state index contributed by atoms with van der Waals surface area (Å²) >= 11 is 13.4. The second-order valence-electron chi connectivity index (χ2n) is 4.62. The third kappa shape index (κ3) is 2.62. The van der Waals surface area contributed by atoms with Crippen LogP contribution in [-0.4, -0.2) is 9.55 Å². The molecule has 0 saturated heterocycles. The van der Waals surface area contributed by atoms with Crippen LogP contribution in [0.3, 0.4) is 0 Å². The van der Waals surface area contributed by atoms with Crippen molar-refractivity contribution in [2.24, 2.45) is 0 Å². The van der Waals surface area contributed by atoms with Crippen molar-refractivity contribution in [3.05, 3.63) is 57.0 Å². The summed E-state index contributed by atoms with van der Waals surface area (Å²) in [5, 5.41) is -0.306. The highest BCUT2D eigenvalue weighted by Gasteiger charge is 2.19. The van der Waals surface area contributed by atoms with Crippen LogP contribution in [0.2, 0.25) is 0 Å². The van der Waals surface area contributed by atoms with Crippen LogP contribution in [0.1, 0.15) is 18.1 Å². The zero-order valence-corrected chi connectivity index (χ0v) is 14.9. The van der Waals surface area contributed by atoms with Gasteiger partial charge in [0, 0.05) is 15.0 Å². The Morgan fingerprint density at radius 3 is 2.48 bits per heavy atom. The minimum Gasteiger partial charge on any atom is -0.293 e. The molecule has 0 amide bonds. The molecule has 3 rings (SSSR count). The monoisotopic (exact) mass is 430 g/mol. The first kappa shape index (κ1) is 15.0. The van der Waals surface area contributed by atoms with Crippen molar-refractivity contribution in [1.82, 2.24) is 9.55 Å². The van der Waals surface area contributed by atoms with Crippen LogP contribution in [0.15, 0.2) is 45.3 Å². The maximum Gasteiger partial charge on any atom is 0.132 e. The van der Waals surface area contributed by atoms with Gasteiger partial charge >= 0.3 is 0 Å². The number of fused-ring (bicyclic) bond motifs is 1. The van der Waals surface area contributed by atoms with E-state index in [0.29, 0.717) is 11.3 Å². The van der Waals surface area contributed by atoms with Gasteiger partial charge in [0.1, 0.15) is 11.6 Å². The third-order valence-corrected chi connectivity index (χ3v) is 4.63. The first-order valence-corrected chi connectivity index (χ1v) is 8.27. The fourth-order valence-corrected chi connectivity index (χ4v) is 3.78. The molecule has 0 N–H and O–H groups in total. The predicted octanol–water partition coefficient (Wildman–Crippen LogP) is 5.99. The van der Waals surface area contributed by atoms with E-state index in [4.69, 9.17) is 11.6 Å². The Bertz CT molecular complexity index is 810. The van der Waals surface area contributed by atoms with Crippen molar-refractivity contribution in [2.45, 2.75) is 12.3 Å². The standard InChI is InChI=1S/C15H10Br2ClFN2/c1-8(18)15-20-12-7-9(19)5-6-13(12)21(15)14-10(16)3-2-4-11(14)17/h2-8H,1H3. The minimum absolute atomic E-state index is 0.306. The highest BCUT2D eigenvalue weighted by atomic mass is 79.9. The maximum atomic E-state index is 13.4. The van der Waals surface area contributed by atoms with Crippen LogP contribution >= 0.6 is 43.5 Å². The van der Waals surface area contributed by atoms with E-state index in [1.54, 1.807) is 6.07 Å². The predicted molar refractivity (Wildman–Crippen MR) is 90.7 cm³/mol. The smallest absolute Gasteiger partial charge is 0.132 e. The quantitative estimate of drug-likeness (QED) is 0.455. The molecule has 0 radical (unpaired) electrons. The Kier molecular flexibility index (Phi) is 4.08. The number of hydrogen-bond donors (Lipinski definition) is 0. The number of aromatic nitrogens is 2. The van der Waals surface area contributed by atoms with Crippen molar-refractivity contribution in [1.29, 1.82) is 0 Å². The number of hydrogen-bond acceptors (Lipinski definition) is 1. The summed E-state index contributed by atoms with van der Waals surface area (Å²) in [6.45, 7) is 1.85. The number of para-hydroxylation sites is 1. The first-order chi connectivity index (χ1) is 9.99. The topological polar surface area (TPSA) is 17.8 Å². The number of nitrogens with zero attached hydrogens (tertiary/aromatic N) is 2. The number of rotatable bonds is 2. The fourth-order valence-electron chi connectivity index (χ4n) is 2.28. The molecule has 0 aliphatic heterocycles. The molecule has 1 atom stereocenters. The van der Waals surface area contributed by atoms with E-state index in [1.807, 2.05) is 29.7 Å². The highest BCUT2D eigenvalue weighted by molar-refractivity contribution is 9.11. The molecule has 0 aliphatic carbocycles. The lowest BCUT2D eigenvalue weighted by atomic mass is 10.2. The summed E-state index contributed by atoms with van der Waals surface area (Å²) in [6, 6.07) is 10.4. The van der Waals surface area contributed by atoms with Crippen LogP contribution in [0.25, 0.3) is 16.7 Å². The Morgan fingerprint density at radius 1 is 1.19 bits per heavy atom. The van der Waals surface area contributed by atoms with Crippen molar-refractivity contribution in [3.63, 3.8) is 0 Å². The normalized spacial score (nSPS) is 12.8. The maximum absolute atomic E-state index is 13.4. The van der Waals surface area contributed by atoms with Gasteiger partial charge in [0.2, 0.25) is 0 Å². The molecule has 3 aromatic rings. The molecule has 1 aromatic heterocycles. The summed E-state index contributed by atoms with van der Waals surface area (Å²) in [5.74, 6) is 0.358. The molecule has 108 valence electrons. The molecular formula is C15H10Br2ClFN2. The van der Waals surface area contributed by atoms with Crippen LogP contribution in [-0.2, 0) is 0 Å². The second-order valence-corrected chi connectivity index (χ2v) is 6.99. The zero-order chi connectivity index (χ0) is 15.1. The molecule has 2 aromatic carbocycles. The van der Waals surface area contributed by atoms with E-state index < -0.39 is 0 Å². The largest absolute Gasteiger partial charge is 0.293 e. The average Bonchev–Trinajstić information content (AvgIpc) is 2.77. The van der Waals surface area contributed by atoms with Gasteiger partial charge in [-0.25, -0.2) is 9.37 Å². The van der Waals surface area contributed by atoms with Crippen LogP contribution < -0.4 is 0 Å². The number of imidazole rings is 1. The molecule has 2 nitrogen and oxygen atoms in total. The van der Waals surface area contributed by atoms with Crippen molar-refractivity contribution >= 4 is 54.5 Å². The summed E-state index contributed by atoms with van der Waals surface area (Å²) in [5.41, 5.74) is 2.29. The third-order valence-electron chi connectivity index (χ3n) is 3.16. The fraction of sp³-hybridized carbons (Fsp3) is 0.133. The Labute approximate surface area is 143 Å². The second kappa shape index (κ2) is 5.71. The summed E-state index contributed by atoms with van der Waals surface area (Å²) < 4.78 is 17.2. The van der Waals surface area contributed by atoms with Crippen molar-refractivity contribution in [3.8, 4) is 5.69 Å². The highest BCUT2D eigenvalue weighted by Crippen LogP contribution is 2.35. The minimum atomic E-state index is -0.313. The van der Waals surface area contributed by atoms with E-state index in [-0.39, 0.29) is 11.2 Å². The van der Waals surface area contributed by atoms with Gasteiger partial charge in [0.15, 0.2) is 0 Å². The SMILES string of the molecule is CC(Cl)c1nc2cc(F)ccc2n1-c1c(Br)cccc1Br. The van der Waals surface area contributed by atoms with Gasteiger partial charge in [-0.3, -0.25) is 4.57 Å². The van der Waals surface area contributed by atoms with E-state index in [2.05, 4.69) is 36.8 Å². The molecular weight excluding hydrogens is 422 g/mol. The lowest BCUT2D eigenvalue weighted by molar-refractivity contribution is 0.629. The molecule has 6 heteroatoms. The van der Waals surface area contributed by atoms with Gasteiger partial charge in [-0.05, 0) is 63.0 Å². The van der Waals surface area contributed by atoms with E-state index in [0.717, 1.165) is 20.1 Å². The molecule has 0 spiro atoms. The summed E-state index contributed by atoms with van der Waals surface area (Å²) in [7, 11) is 0. The Hall–Kier alpha value is -0.910.